The number of aliphatic imine (C=N–C) groups is 1. The maximum atomic E-state index is 8.69. The molecule has 1 atom stereocenters. The van der Waals surface area contributed by atoms with Gasteiger partial charge in [-0.2, -0.15) is 5.26 Å². The van der Waals surface area contributed by atoms with Gasteiger partial charge >= 0.3 is 0 Å². The first kappa shape index (κ1) is 12.2. The van der Waals surface area contributed by atoms with Crippen molar-refractivity contribution in [2.75, 3.05) is 19.7 Å². The van der Waals surface area contributed by atoms with E-state index < -0.39 is 0 Å². The third kappa shape index (κ3) is 3.60. The molecule has 5 nitrogen and oxygen atoms in total. The Labute approximate surface area is 102 Å². The van der Waals surface area contributed by atoms with Gasteiger partial charge in [0.1, 0.15) is 0 Å². The molecule has 0 aromatic heterocycles. The lowest BCUT2D eigenvalue weighted by Crippen LogP contribution is -2.37. The molecule has 94 valence electrons. The molecular formula is C12H20N4O. The number of nitrogens with two attached hydrogens (primary N) is 1. The summed E-state index contributed by atoms with van der Waals surface area (Å²) in [4.78, 5) is 4.31. The molecule has 1 saturated carbocycles. The van der Waals surface area contributed by atoms with Crippen LogP contribution in [0.5, 0.6) is 0 Å². The van der Waals surface area contributed by atoms with E-state index in [2.05, 4.69) is 16.4 Å². The van der Waals surface area contributed by atoms with Gasteiger partial charge in [0, 0.05) is 31.5 Å². The second-order valence-electron chi connectivity index (χ2n) is 5.05. The topological polar surface area (TPSA) is 83.4 Å². The fourth-order valence-corrected chi connectivity index (χ4v) is 2.07. The van der Waals surface area contributed by atoms with Gasteiger partial charge in [-0.15, -0.1) is 0 Å². The summed E-state index contributed by atoms with van der Waals surface area (Å²) in [5, 5.41) is 11.8. The fraction of sp³-hybridized carbons (Fsp3) is 0.833. The number of guanidine groups is 1. The Kier molecular flexibility index (Phi) is 3.85. The number of nitrogens with zero attached hydrogens (tertiary/aromatic N) is 2. The van der Waals surface area contributed by atoms with Gasteiger partial charge in [0.2, 0.25) is 0 Å². The largest absolute Gasteiger partial charge is 0.376 e. The van der Waals surface area contributed by atoms with Gasteiger partial charge in [-0.05, 0) is 25.7 Å². The highest BCUT2D eigenvalue weighted by Crippen LogP contribution is 2.48. The maximum Gasteiger partial charge on any atom is 0.188 e. The molecule has 0 radical (unpaired) electrons. The molecule has 1 unspecified atom stereocenters. The highest BCUT2D eigenvalue weighted by Gasteiger charge is 2.42. The van der Waals surface area contributed by atoms with Gasteiger partial charge < -0.3 is 15.8 Å². The molecule has 1 aliphatic carbocycles. The first-order valence-corrected chi connectivity index (χ1v) is 6.26. The molecule has 1 saturated heterocycles. The summed E-state index contributed by atoms with van der Waals surface area (Å²) >= 11 is 0. The van der Waals surface area contributed by atoms with E-state index >= 15 is 0 Å². The third-order valence-electron chi connectivity index (χ3n) is 3.53. The summed E-state index contributed by atoms with van der Waals surface area (Å²) in [5.41, 5.74) is 5.91. The summed E-state index contributed by atoms with van der Waals surface area (Å²) in [6.45, 7) is 2.26. The highest BCUT2D eigenvalue weighted by atomic mass is 16.5. The number of rotatable bonds is 5. The Morgan fingerprint density at radius 1 is 1.59 bits per heavy atom. The average molecular weight is 236 g/mol. The van der Waals surface area contributed by atoms with Crippen LogP contribution in [0.2, 0.25) is 0 Å². The molecule has 0 spiro atoms. The first-order chi connectivity index (χ1) is 8.24. The molecular weight excluding hydrogens is 216 g/mol. The minimum absolute atomic E-state index is 0.130. The van der Waals surface area contributed by atoms with E-state index in [0.717, 1.165) is 38.8 Å². The Balaban J connectivity index is 1.68. The normalized spacial score (nSPS) is 26.5. The van der Waals surface area contributed by atoms with Crippen molar-refractivity contribution >= 4 is 5.96 Å². The predicted octanol–water partition coefficient (Wildman–Crippen LogP) is 0.764. The van der Waals surface area contributed by atoms with Crippen LogP contribution in [0.25, 0.3) is 0 Å². The molecule has 0 amide bonds. The Morgan fingerprint density at radius 2 is 2.41 bits per heavy atom. The Bertz CT molecular complexity index is 324. The zero-order valence-electron chi connectivity index (χ0n) is 10.1. The molecule has 1 aliphatic heterocycles. The van der Waals surface area contributed by atoms with Gasteiger partial charge in [-0.25, -0.2) is 0 Å². The number of hydrogen-bond acceptors (Lipinski definition) is 3. The van der Waals surface area contributed by atoms with Crippen LogP contribution in [0, 0.1) is 16.7 Å². The quantitative estimate of drug-likeness (QED) is 0.545. The van der Waals surface area contributed by atoms with Crippen molar-refractivity contribution in [3.05, 3.63) is 0 Å². The molecule has 17 heavy (non-hydrogen) atoms. The number of nitriles is 1. The molecule has 0 aromatic rings. The van der Waals surface area contributed by atoms with Gasteiger partial charge in [-0.1, -0.05) is 0 Å². The molecule has 0 bridgehead atoms. The molecule has 5 heteroatoms. The van der Waals surface area contributed by atoms with Crippen LogP contribution in [-0.4, -0.2) is 31.8 Å². The van der Waals surface area contributed by atoms with E-state index in [1.54, 1.807) is 0 Å². The Morgan fingerprint density at radius 3 is 3.00 bits per heavy atom. The molecule has 2 fully saturated rings. The third-order valence-corrected chi connectivity index (χ3v) is 3.53. The summed E-state index contributed by atoms with van der Waals surface area (Å²) in [7, 11) is 0. The standard InChI is InChI=1S/C12H20N4O/c13-6-5-12(3-4-12)9-16-11(14)15-8-10-2-1-7-17-10/h10H,1-5,7-9H2,(H3,14,15,16). The maximum absolute atomic E-state index is 8.69. The first-order valence-electron chi connectivity index (χ1n) is 6.26. The van der Waals surface area contributed by atoms with Gasteiger partial charge in [-0.3, -0.25) is 4.99 Å². The monoisotopic (exact) mass is 236 g/mol. The van der Waals surface area contributed by atoms with Crippen molar-refractivity contribution in [3.63, 3.8) is 0 Å². The zero-order chi connectivity index (χ0) is 12.1. The lowest BCUT2D eigenvalue weighted by molar-refractivity contribution is 0.114. The van der Waals surface area contributed by atoms with Crippen LogP contribution < -0.4 is 11.1 Å². The molecule has 3 N–H and O–H groups in total. The van der Waals surface area contributed by atoms with Crippen molar-refractivity contribution < 1.29 is 4.74 Å². The van der Waals surface area contributed by atoms with Crippen LogP contribution in [0.3, 0.4) is 0 Å². The number of ether oxygens (including phenoxy) is 1. The van der Waals surface area contributed by atoms with Gasteiger partial charge in [0.25, 0.3) is 0 Å². The van der Waals surface area contributed by atoms with Crippen LogP contribution in [0.15, 0.2) is 4.99 Å². The predicted molar refractivity (Wildman–Crippen MR) is 65.4 cm³/mol. The van der Waals surface area contributed by atoms with Crippen molar-refractivity contribution in [3.8, 4) is 6.07 Å². The zero-order valence-corrected chi connectivity index (χ0v) is 10.1. The summed E-state index contributed by atoms with van der Waals surface area (Å²) in [5.74, 6) is 0.477. The smallest absolute Gasteiger partial charge is 0.188 e. The molecule has 0 aromatic carbocycles. The second-order valence-corrected chi connectivity index (χ2v) is 5.05. The van der Waals surface area contributed by atoms with Crippen LogP contribution >= 0.6 is 0 Å². The van der Waals surface area contributed by atoms with Crippen molar-refractivity contribution in [2.24, 2.45) is 16.1 Å². The average Bonchev–Trinajstić information content (AvgIpc) is 2.90. The molecule has 2 aliphatic rings. The number of nitrogens with one attached hydrogen (secondary N) is 1. The van der Waals surface area contributed by atoms with Crippen LogP contribution in [-0.2, 0) is 4.74 Å². The minimum Gasteiger partial charge on any atom is -0.376 e. The van der Waals surface area contributed by atoms with Crippen molar-refractivity contribution in [1.82, 2.24) is 5.32 Å². The van der Waals surface area contributed by atoms with E-state index in [0.29, 0.717) is 18.9 Å². The summed E-state index contributed by atoms with van der Waals surface area (Å²) < 4.78 is 5.48. The van der Waals surface area contributed by atoms with Gasteiger partial charge in [0.15, 0.2) is 5.96 Å². The van der Waals surface area contributed by atoms with Crippen molar-refractivity contribution in [1.29, 1.82) is 5.26 Å². The highest BCUT2D eigenvalue weighted by molar-refractivity contribution is 5.77. The lowest BCUT2D eigenvalue weighted by Gasteiger charge is -2.12. The summed E-state index contributed by atoms with van der Waals surface area (Å²) in [6.07, 6.45) is 5.30. The van der Waals surface area contributed by atoms with Crippen LogP contribution in [0.4, 0.5) is 0 Å². The van der Waals surface area contributed by atoms with E-state index in [9.17, 15) is 0 Å². The number of hydrogen-bond donors (Lipinski definition) is 2. The van der Waals surface area contributed by atoms with E-state index in [1.807, 2.05) is 0 Å². The van der Waals surface area contributed by atoms with E-state index in [-0.39, 0.29) is 11.5 Å². The second kappa shape index (κ2) is 5.37. The fourth-order valence-electron chi connectivity index (χ4n) is 2.07. The lowest BCUT2D eigenvalue weighted by atomic mass is 10.0. The van der Waals surface area contributed by atoms with Crippen LogP contribution in [0.1, 0.15) is 32.1 Å². The SMILES string of the molecule is N#CCC1(CN=C(N)NCC2CCCO2)CC1. The van der Waals surface area contributed by atoms with E-state index in [1.165, 1.54) is 0 Å². The Hall–Kier alpha value is -1.28. The van der Waals surface area contributed by atoms with Gasteiger partial charge in [0.05, 0.1) is 12.2 Å². The minimum atomic E-state index is 0.130. The summed E-state index contributed by atoms with van der Waals surface area (Å²) in [6, 6.07) is 2.22. The van der Waals surface area contributed by atoms with E-state index in [4.69, 9.17) is 15.7 Å². The van der Waals surface area contributed by atoms with Crippen molar-refractivity contribution in [2.45, 2.75) is 38.2 Å². The molecule has 2 rings (SSSR count). The molecule has 1 heterocycles.